The molecule has 2 aromatic carbocycles. The SMILES string of the molecule is C#Cc1cccc(NCc2cc(Br)ccc2Cl)c1. The number of halogens is 2. The fourth-order valence-electron chi connectivity index (χ4n) is 1.60. The summed E-state index contributed by atoms with van der Waals surface area (Å²) in [5.41, 5.74) is 2.89. The minimum Gasteiger partial charge on any atom is -0.381 e. The third kappa shape index (κ3) is 3.29. The smallest absolute Gasteiger partial charge is 0.0456 e. The average Bonchev–Trinajstić information content (AvgIpc) is 2.40. The van der Waals surface area contributed by atoms with E-state index in [1.54, 1.807) is 0 Å². The zero-order valence-corrected chi connectivity index (χ0v) is 11.9. The zero-order chi connectivity index (χ0) is 13.0. The van der Waals surface area contributed by atoms with E-state index < -0.39 is 0 Å². The second-order valence-corrected chi connectivity index (χ2v) is 5.14. The van der Waals surface area contributed by atoms with Crippen molar-refractivity contribution >= 4 is 33.2 Å². The Bertz CT molecular complexity index is 602. The number of rotatable bonds is 3. The van der Waals surface area contributed by atoms with Crippen LogP contribution in [0.25, 0.3) is 0 Å². The van der Waals surface area contributed by atoms with Gasteiger partial charge in [-0.2, -0.15) is 0 Å². The summed E-state index contributed by atoms with van der Waals surface area (Å²) < 4.78 is 1.01. The molecule has 1 N–H and O–H groups in total. The molecule has 0 aromatic heterocycles. The van der Waals surface area contributed by atoms with Gasteiger partial charge in [0.1, 0.15) is 0 Å². The van der Waals surface area contributed by atoms with Gasteiger partial charge in [-0.05, 0) is 42.0 Å². The van der Waals surface area contributed by atoms with Crippen LogP contribution in [-0.4, -0.2) is 0 Å². The van der Waals surface area contributed by atoms with E-state index in [9.17, 15) is 0 Å². The Morgan fingerprint density at radius 3 is 2.83 bits per heavy atom. The first-order valence-corrected chi connectivity index (χ1v) is 6.60. The lowest BCUT2D eigenvalue weighted by atomic mass is 10.2. The van der Waals surface area contributed by atoms with Crippen LogP contribution in [0.1, 0.15) is 11.1 Å². The van der Waals surface area contributed by atoms with E-state index in [4.69, 9.17) is 18.0 Å². The molecule has 0 heterocycles. The third-order valence-corrected chi connectivity index (χ3v) is 3.38. The lowest BCUT2D eigenvalue weighted by Gasteiger charge is -2.09. The summed E-state index contributed by atoms with van der Waals surface area (Å²) in [5.74, 6) is 2.61. The van der Waals surface area contributed by atoms with Crippen LogP contribution in [0.2, 0.25) is 5.02 Å². The molecule has 0 unspecified atom stereocenters. The van der Waals surface area contributed by atoms with Crippen molar-refractivity contribution in [2.24, 2.45) is 0 Å². The summed E-state index contributed by atoms with van der Waals surface area (Å²) in [6.07, 6.45) is 5.36. The maximum atomic E-state index is 6.13. The molecule has 0 atom stereocenters. The number of hydrogen-bond donors (Lipinski definition) is 1. The van der Waals surface area contributed by atoms with Crippen LogP contribution < -0.4 is 5.32 Å². The molecule has 0 saturated carbocycles. The van der Waals surface area contributed by atoms with Gasteiger partial charge < -0.3 is 5.32 Å². The number of benzene rings is 2. The summed E-state index contributed by atoms with van der Waals surface area (Å²) >= 11 is 9.56. The van der Waals surface area contributed by atoms with E-state index in [1.165, 1.54) is 0 Å². The molecule has 0 radical (unpaired) electrons. The van der Waals surface area contributed by atoms with Crippen molar-refractivity contribution in [2.75, 3.05) is 5.32 Å². The second kappa shape index (κ2) is 5.95. The minimum absolute atomic E-state index is 0.659. The van der Waals surface area contributed by atoms with E-state index in [0.29, 0.717) is 6.54 Å². The molecule has 0 saturated heterocycles. The quantitative estimate of drug-likeness (QED) is 0.809. The third-order valence-electron chi connectivity index (χ3n) is 2.52. The maximum Gasteiger partial charge on any atom is 0.0456 e. The van der Waals surface area contributed by atoms with Crippen molar-refractivity contribution in [3.8, 4) is 12.3 Å². The summed E-state index contributed by atoms with van der Waals surface area (Å²) in [6.45, 7) is 0.659. The highest BCUT2D eigenvalue weighted by atomic mass is 79.9. The fraction of sp³-hybridized carbons (Fsp3) is 0.0667. The molecule has 2 rings (SSSR count). The van der Waals surface area contributed by atoms with Crippen LogP contribution in [-0.2, 0) is 6.54 Å². The van der Waals surface area contributed by atoms with Crippen LogP contribution in [0, 0.1) is 12.3 Å². The lowest BCUT2D eigenvalue weighted by Crippen LogP contribution is -2.00. The van der Waals surface area contributed by atoms with E-state index in [0.717, 1.165) is 26.3 Å². The Hall–Kier alpha value is -1.43. The van der Waals surface area contributed by atoms with Crippen molar-refractivity contribution in [3.63, 3.8) is 0 Å². The molecule has 0 fully saturated rings. The minimum atomic E-state index is 0.659. The van der Waals surface area contributed by atoms with Gasteiger partial charge in [-0.25, -0.2) is 0 Å². The zero-order valence-electron chi connectivity index (χ0n) is 9.58. The van der Waals surface area contributed by atoms with Gasteiger partial charge >= 0.3 is 0 Å². The van der Waals surface area contributed by atoms with Crippen molar-refractivity contribution in [2.45, 2.75) is 6.54 Å². The predicted octanol–water partition coefficient (Wildman–Crippen LogP) is 4.70. The highest BCUT2D eigenvalue weighted by Gasteiger charge is 2.01. The first-order chi connectivity index (χ1) is 8.69. The molecule has 18 heavy (non-hydrogen) atoms. The largest absolute Gasteiger partial charge is 0.381 e. The van der Waals surface area contributed by atoms with Gasteiger partial charge in [0.05, 0.1) is 0 Å². The van der Waals surface area contributed by atoms with E-state index in [2.05, 4.69) is 27.2 Å². The van der Waals surface area contributed by atoms with Crippen molar-refractivity contribution in [1.29, 1.82) is 0 Å². The molecule has 0 aliphatic carbocycles. The lowest BCUT2D eigenvalue weighted by molar-refractivity contribution is 1.15. The van der Waals surface area contributed by atoms with Gasteiger partial charge in [0, 0.05) is 27.3 Å². The van der Waals surface area contributed by atoms with Crippen molar-refractivity contribution < 1.29 is 0 Å². The van der Waals surface area contributed by atoms with Gasteiger partial charge in [-0.3, -0.25) is 0 Å². The summed E-state index contributed by atoms with van der Waals surface area (Å²) in [5, 5.41) is 4.05. The Morgan fingerprint density at radius 2 is 2.06 bits per heavy atom. The molecular formula is C15H11BrClN. The number of hydrogen-bond acceptors (Lipinski definition) is 1. The number of anilines is 1. The molecule has 90 valence electrons. The van der Waals surface area contributed by atoms with Crippen molar-refractivity contribution in [1.82, 2.24) is 0 Å². The second-order valence-electron chi connectivity index (χ2n) is 3.81. The van der Waals surface area contributed by atoms with Crippen LogP contribution in [0.15, 0.2) is 46.9 Å². The molecule has 0 aliphatic rings. The maximum absolute atomic E-state index is 6.13. The van der Waals surface area contributed by atoms with Gasteiger partial charge in [0.2, 0.25) is 0 Å². The Balaban J connectivity index is 2.11. The van der Waals surface area contributed by atoms with Gasteiger partial charge in [0.25, 0.3) is 0 Å². The van der Waals surface area contributed by atoms with E-state index in [1.807, 2.05) is 42.5 Å². The Kier molecular flexibility index (Phi) is 4.30. The van der Waals surface area contributed by atoms with Crippen LogP contribution in [0.5, 0.6) is 0 Å². The highest BCUT2D eigenvalue weighted by molar-refractivity contribution is 9.10. The standard InChI is InChI=1S/C15H11BrClN/c1-2-11-4-3-5-14(8-11)18-10-12-9-13(16)6-7-15(12)17/h1,3-9,18H,10H2. The number of nitrogens with one attached hydrogen (secondary N) is 1. The molecule has 0 amide bonds. The average molecular weight is 321 g/mol. The number of terminal acetylenes is 1. The Labute approximate surface area is 120 Å². The van der Waals surface area contributed by atoms with Crippen LogP contribution in [0.3, 0.4) is 0 Å². The molecular weight excluding hydrogens is 310 g/mol. The van der Waals surface area contributed by atoms with E-state index in [-0.39, 0.29) is 0 Å². The van der Waals surface area contributed by atoms with Crippen LogP contribution >= 0.6 is 27.5 Å². The summed E-state index contributed by atoms with van der Waals surface area (Å²) in [7, 11) is 0. The van der Waals surface area contributed by atoms with Crippen LogP contribution in [0.4, 0.5) is 5.69 Å². The van der Waals surface area contributed by atoms with Gasteiger partial charge in [-0.1, -0.05) is 39.5 Å². The molecule has 1 nitrogen and oxygen atoms in total. The fourth-order valence-corrected chi connectivity index (χ4v) is 2.19. The molecule has 0 spiro atoms. The monoisotopic (exact) mass is 319 g/mol. The topological polar surface area (TPSA) is 12.0 Å². The van der Waals surface area contributed by atoms with E-state index >= 15 is 0 Å². The van der Waals surface area contributed by atoms with Gasteiger partial charge in [-0.15, -0.1) is 6.42 Å². The highest BCUT2D eigenvalue weighted by Crippen LogP contribution is 2.22. The molecule has 0 aliphatic heterocycles. The molecule has 0 bridgehead atoms. The normalized spacial score (nSPS) is 9.83. The molecule has 3 heteroatoms. The first-order valence-electron chi connectivity index (χ1n) is 5.43. The van der Waals surface area contributed by atoms with Gasteiger partial charge in [0.15, 0.2) is 0 Å². The summed E-state index contributed by atoms with van der Waals surface area (Å²) in [6, 6.07) is 13.5. The molecule has 2 aromatic rings. The predicted molar refractivity (Wildman–Crippen MR) is 80.9 cm³/mol. The van der Waals surface area contributed by atoms with Crippen molar-refractivity contribution in [3.05, 3.63) is 63.1 Å². The first kappa shape index (κ1) is 13.0. The summed E-state index contributed by atoms with van der Waals surface area (Å²) in [4.78, 5) is 0. The Morgan fingerprint density at radius 1 is 1.22 bits per heavy atom.